The van der Waals surface area contributed by atoms with E-state index in [2.05, 4.69) is 10.4 Å². The van der Waals surface area contributed by atoms with Gasteiger partial charge in [0.25, 0.3) is 5.91 Å². The molecule has 122 valence electrons. The summed E-state index contributed by atoms with van der Waals surface area (Å²) < 4.78 is 39.5. The molecule has 0 unspecified atom stereocenters. The highest BCUT2D eigenvalue weighted by Crippen LogP contribution is 2.32. The molecule has 0 saturated carbocycles. The molecule has 3 rings (SSSR count). The number of benzene rings is 1. The van der Waals surface area contributed by atoms with Gasteiger partial charge in [0.15, 0.2) is 5.69 Å². The lowest BCUT2D eigenvalue weighted by Gasteiger charge is -2.10. The van der Waals surface area contributed by atoms with Crippen LogP contribution in [0.25, 0.3) is 0 Å². The number of hydrazine groups is 1. The fourth-order valence-corrected chi connectivity index (χ4v) is 2.58. The van der Waals surface area contributed by atoms with Crippen LogP contribution in [-0.4, -0.2) is 15.7 Å². The van der Waals surface area contributed by atoms with E-state index < -0.39 is 17.6 Å². The quantitative estimate of drug-likeness (QED) is 0.459. The Morgan fingerprint density at radius 2 is 1.96 bits per heavy atom. The highest BCUT2D eigenvalue weighted by Gasteiger charge is 2.30. The van der Waals surface area contributed by atoms with Gasteiger partial charge in [-0.05, 0) is 37.1 Å². The van der Waals surface area contributed by atoms with Gasteiger partial charge in [-0.3, -0.25) is 14.9 Å². The average Bonchev–Trinajstić information content (AvgIpc) is 3.09. The second kappa shape index (κ2) is 5.58. The normalized spacial score (nSPS) is 13.7. The summed E-state index contributed by atoms with van der Waals surface area (Å²) in [7, 11) is 0. The maximum atomic E-state index is 12.6. The molecule has 4 N–H and O–H groups in total. The molecule has 1 aromatic carbocycles. The highest BCUT2D eigenvalue weighted by molar-refractivity contribution is 5.98. The molecule has 6 nitrogen and oxygen atoms in total. The molecule has 23 heavy (non-hydrogen) atoms. The summed E-state index contributed by atoms with van der Waals surface area (Å²) in [5.74, 6) is 4.60. The molecule has 2 aromatic rings. The summed E-state index contributed by atoms with van der Waals surface area (Å²) >= 11 is 0. The topological polar surface area (TPSA) is 85.0 Å². The lowest BCUT2D eigenvalue weighted by Crippen LogP contribution is -2.31. The minimum atomic E-state index is -4.39. The molecule has 0 radical (unpaired) electrons. The second-order valence-electron chi connectivity index (χ2n) is 5.17. The SMILES string of the molecule is NNC(=O)c1nn2c(c1Nc1ccc(C(F)(F)F)cc1)CCC2. The Balaban J connectivity index is 1.92. The number of carbonyl (C=O) groups is 1. The number of anilines is 2. The van der Waals surface area contributed by atoms with Crippen LogP contribution in [-0.2, 0) is 19.1 Å². The number of alkyl halides is 3. The van der Waals surface area contributed by atoms with E-state index >= 15 is 0 Å². The van der Waals surface area contributed by atoms with Gasteiger partial charge in [-0.25, -0.2) is 5.84 Å². The predicted octanol–water partition coefficient (Wildman–Crippen LogP) is 2.20. The average molecular weight is 325 g/mol. The molecule has 0 aliphatic carbocycles. The molecule has 0 fully saturated rings. The van der Waals surface area contributed by atoms with Crippen molar-refractivity contribution in [2.45, 2.75) is 25.6 Å². The molecular formula is C14H14F3N5O. The maximum Gasteiger partial charge on any atom is 0.416 e. The first-order chi connectivity index (χ1) is 10.9. The van der Waals surface area contributed by atoms with Crippen molar-refractivity contribution in [3.8, 4) is 0 Å². The van der Waals surface area contributed by atoms with E-state index in [0.29, 0.717) is 17.9 Å². The zero-order valence-electron chi connectivity index (χ0n) is 11.9. The Morgan fingerprint density at radius 3 is 2.57 bits per heavy atom. The number of rotatable bonds is 3. The fraction of sp³-hybridized carbons (Fsp3) is 0.286. The zero-order valence-corrected chi connectivity index (χ0v) is 11.9. The van der Waals surface area contributed by atoms with Gasteiger partial charge in [0.1, 0.15) is 0 Å². The van der Waals surface area contributed by atoms with Crippen LogP contribution in [0.15, 0.2) is 24.3 Å². The van der Waals surface area contributed by atoms with E-state index in [1.165, 1.54) is 12.1 Å². The molecule has 0 saturated heterocycles. The van der Waals surface area contributed by atoms with Gasteiger partial charge in [0.2, 0.25) is 0 Å². The Kier molecular flexibility index (Phi) is 3.72. The van der Waals surface area contributed by atoms with Crippen molar-refractivity contribution in [1.82, 2.24) is 15.2 Å². The van der Waals surface area contributed by atoms with Crippen LogP contribution in [0.1, 0.15) is 28.2 Å². The Hall–Kier alpha value is -2.55. The number of nitrogens with zero attached hydrogens (tertiary/aromatic N) is 2. The van der Waals surface area contributed by atoms with E-state index in [9.17, 15) is 18.0 Å². The first-order valence-electron chi connectivity index (χ1n) is 6.95. The van der Waals surface area contributed by atoms with E-state index in [1.807, 2.05) is 5.43 Å². The number of hydrogen-bond donors (Lipinski definition) is 3. The fourth-order valence-electron chi connectivity index (χ4n) is 2.58. The molecule has 2 heterocycles. The first-order valence-corrected chi connectivity index (χ1v) is 6.95. The van der Waals surface area contributed by atoms with Gasteiger partial charge < -0.3 is 5.32 Å². The third-order valence-corrected chi connectivity index (χ3v) is 3.67. The van der Waals surface area contributed by atoms with E-state index in [1.54, 1.807) is 4.68 Å². The standard InChI is InChI=1S/C14H14F3N5O/c15-14(16,17)8-3-5-9(6-4-8)19-11-10-2-1-7-22(10)21-12(11)13(23)20-18/h3-6,19H,1-2,7,18H2,(H,20,23). The molecule has 0 atom stereocenters. The number of halogens is 3. The number of nitrogen functional groups attached to an aromatic ring is 1. The van der Waals surface area contributed by atoms with Crippen LogP contribution in [0.5, 0.6) is 0 Å². The third-order valence-electron chi connectivity index (χ3n) is 3.67. The van der Waals surface area contributed by atoms with Gasteiger partial charge in [-0.1, -0.05) is 0 Å². The van der Waals surface area contributed by atoms with Crippen LogP contribution in [0, 0.1) is 0 Å². The number of carbonyl (C=O) groups excluding carboxylic acids is 1. The van der Waals surface area contributed by atoms with Crippen molar-refractivity contribution >= 4 is 17.3 Å². The van der Waals surface area contributed by atoms with Gasteiger partial charge in [0, 0.05) is 12.2 Å². The van der Waals surface area contributed by atoms with Crippen molar-refractivity contribution in [2.24, 2.45) is 5.84 Å². The smallest absolute Gasteiger partial charge is 0.352 e. The number of aromatic nitrogens is 2. The number of amides is 1. The Bertz CT molecular complexity index is 736. The largest absolute Gasteiger partial charge is 0.416 e. The molecule has 1 amide bonds. The Labute approximate surface area is 129 Å². The first kappa shape index (κ1) is 15.3. The summed E-state index contributed by atoms with van der Waals surface area (Å²) in [5.41, 5.74) is 3.17. The van der Waals surface area contributed by atoms with Crippen molar-refractivity contribution < 1.29 is 18.0 Å². The van der Waals surface area contributed by atoms with E-state index in [4.69, 9.17) is 5.84 Å². The molecular weight excluding hydrogens is 311 g/mol. The number of hydrogen-bond acceptors (Lipinski definition) is 4. The third kappa shape index (κ3) is 2.87. The van der Waals surface area contributed by atoms with E-state index in [-0.39, 0.29) is 5.69 Å². The van der Waals surface area contributed by atoms with Crippen LogP contribution in [0.3, 0.4) is 0 Å². The number of fused-ring (bicyclic) bond motifs is 1. The van der Waals surface area contributed by atoms with Crippen LogP contribution in [0.2, 0.25) is 0 Å². The zero-order chi connectivity index (χ0) is 16.6. The summed E-state index contributed by atoms with van der Waals surface area (Å²) in [6.07, 6.45) is -2.76. The van der Waals surface area contributed by atoms with Gasteiger partial charge >= 0.3 is 6.18 Å². The number of nitrogens with one attached hydrogen (secondary N) is 2. The summed E-state index contributed by atoms with van der Waals surface area (Å²) in [4.78, 5) is 11.8. The van der Waals surface area contributed by atoms with Crippen LogP contribution < -0.4 is 16.6 Å². The maximum absolute atomic E-state index is 12.6. The second-order valence-corrected chi connectivity index (χ2v) is 5.17. The van der Waals surface area contributed by atoms with Crippen molar-refractivity contribution in [3.05, 3.63) is 41.2 Å². The molecule has 9 heteroatoms. The Morgan fingerprint density at radius 1 is 1.26 bits per heavy atom. The van der Waals surface area contributed by atoms with Gasteiger partial charge in [0.05, 0.1) is 16.9 Å². The van der Waals surface area contributed by atoms with Crippen LogP contribution >= 0.6 is 0 Å². The minimum absolute atomic E-state index is 0.127. The van der Waals surface area contributed by atoms with Gasteiger partial charge in [-0.2, -0.15) is 18.3 Å². The number of nitrogens with two attached hydrogens (primary N) is 1. The number of aryl methyl sites for hydroxylation is 1. The summed E-state index contributed by atoms with van der Waals surface area (Å²) in [5, 5.41) is 7.18. The predicted molar refractivity (Wildman–Crippen MR) is 76.9 cm³/mol. The summed E-state index contributed by atoms with van der Waals surface area (Å²) in [6.45, 7) is 0.689. The van der Waals surface area contributed by atoms with Crippen LogP contribution in [0.4, 0.5) is 24.5 Å². The lowest BCUT2D eigenvalue weighted by molar-refractivity contribution is -0.137. The van der Waals surface area contributed by atoms with Crippen molar-refractivity contribution in [3.63, 3.8) is 0 Å². The monoisotopic (exact) mass is 325 g/mol. The molecule has 1 aromatic heterocycles. The van der Waals surface area contributed by atoms with E-state index in [0.717, 1.165) is 30.7 Å². The molecule has 0 spiro atoms. The lowest BCUT2D eigenvalue weighted by atomic mass is 10.1. The molecule has 1 aliphatic heterocycles. The molecule has 0 bridgehead atoms. The van der Waals surface area contributed by atoms with Gasteiger partial charge in [-0.15, -0.1) is 0 Å². The summed E-state index contributed by atoms with van der Waals surface area (Å²) in [6, 6.07) is 4.58. The highest BCUT2D eigenvalue weighted by atomic mass is 19.4. The minimum Gasteiger partial charge on any atom is -0.352 e. The molecule has 1 aliphatic rings. The van der Waals surface area contributed by atoms with Crippen molar-refractivity contribution in [2.75, 3.05) is 5.32 Å². The van der Waals surface area contributed by atoms with Crippen molar-refractivity contribution in [1.29, 1.82) is 0 Å².